The number of pyridine rings is 1. The van der Waals surface area contributed by atoms with Crippen molar-refractivity contribution in [2.45, 2.75) is 94.4 Å². The highest BCUT2D eigenvalue weighted by molar-refractivity contribution is 6.01. The fourth-order valence-electron chi connectivity index (χ4n) is 8.78. The second-order valence-corrected chi connectivity index (χ2v) is 15.8. The first-order valence-corrected chi connectivity index (χ1v) is 20.3. The van der Waals surface area contributed by atoms with Gasteiger partial charge in [0.15, 0.2) is 5.82 Å². The Morgan fingerprint density at radius 1 is 0.810 bits per heavy atom. The van der Waals surface area contributed by atoms with Gasteiger partial charge in [-0.25, -0.2) is 23.5 Å². The summed E-state index contributed by atoms with van der Waals surface area (Å²) in [4.78, 5) is 62.0. The summed E-state index contributed by atoms with van der Waals surface area (Å²) in [5.74, 6) is -1.10. The summed E-state index contributed by atoms with van der Waals surface area (Å²) in [5, 5.41) is 8.71. The van der Waals surface area contributed by atoms with E-state index in [2.05, 4.69) is 30.8 Å². The van der Waals surface area contributed by atoms with Crippen LogP contribution < -0.4 is 21.5 Å². The van der Waals surface area contributed by atoms with E-state index in [-0.39, 0.29) is 59.5 Å². The highest BCUT2D eigenvalue weighted by atomic mass is 19.1. The molecule has 4 aromatic rings. The van der Waals surface area contributed by atoms with Crippen LogP contribution in [0.1, 0.15) is 75.7 Å². The molecule has 3 amide bonds. The fraction of sp³-hybridized carbons (Fsp3) is 0.442. The number of carbonyl (C=O) groups is 3. The van der Waals surface area contributed by atoms with Gasteiger partial charge in [-0.3, -0.25) is 24.3 Å². The quantitative estimate of drug-likeness (QED) is 0.173. The number of carbonyl (C=O) groups excluding carboxylic acids is 3. The molecular formula is C43H48F2N8O5. The standard InChI is InChI=1S/C43H48F2N8O5/c44-35-25-30(47-37-13-14-38(54)49-41(37)56)9-12-34(35)27-15-20-51(21-16-27)31-17-22-52(23-18-31)43(57)58-33-10-7-29(8-11-33)48-42-46-26-36(45)40(50-42)28-4-3-5-32(24-28)53-19-2-1-6-39(53)55/h1-6,9,12,19,24-27,29,31,33,37,47H,7-8,10-11,13-18,20-23H2,(H,46,48,50)(H,49,54,56). The van der Waals surface area contributed by atoms with Crippen LogP contribution >= 0.6 is 0 Å². The normalized spacial score (nSPS) is 22.3. The third kappa shape index (κ3) is 9.04. The van der Waals surface area contributed by atoms with Crippen LogP contribution in [0.4, 0.5) is 25.2 Å². The topological polar surface area (TPSA) is 151 Å². The highest BCUT2D eigenvalue weighted by Gasteiger charge is 2.33. The zero-order valence-corrected chi connectivity index (χ0v) is 32.2. The molecule has 3 aliphatic heterocycles. The smallest absolute Gasteiger partial charge is 0.410 e. The Hall–Kier alpha value is -5.70. The molecule has 0 spiro atoms. The maximum Gasteiger partial charge on any atom is 0.410 e. The predicted molar refractivity (Wildman–Crippen MR) is 214 cm³/mol. The van der Waals surface area contributed by atoms with E-state index in [0.29, 0.717) is 66.8 Å². The van der Waals surface area contributed by atoms with Gasteiger partial charge in [-0.05, 0) is 113 Å². The van der Waals surface area contributed by atoms with E-state index in [0.717, 1.165) is 57.8 Å². The van der Waals surface area contributed by atoms with Gasteiger partial charge < -0.3 is 25.2 Å². The van der Waals surface area contributed by atoms with E-state index in [9.17, 15) is 23.6 Å². The van der Waals surface area contributed by atoms with E-state index in [4.69, 9.17) is 4.74 Å². The van der Waals surface area contributed by atoms with Crippen LogP contribution in [0, 0.1) is 11.6 Å². The second kappa shape index (κ2) is 17.4. The monoisotopic (exact) mass is 794 g/mol. The van der Waals surface area contributed by atoms with Crippen molar-refractivity contribution in [2.24, 2.45) is 0 Å². The van der Waals surface area contributed by atoms with Crippen LogP contribution in [0.3, 0.4) is 0 Å². The molecule has 58 heavy (non-hydrogen) atoms. The largest absolute Gasteiger partial charge is 0.446 e. The van der Waals surface area contributed by atoms with Crippen molar-refractivity contribution < 1.29 is 27.9 Å². The van der Waals surface area contributed by atoms with Gasteiger partial charge in [0.25, 0.3) is 5.56 Å². The van der Waals surface area contributed by atoms with E-state index in [1.165, 1.54) is 16.7 Å². The SMILES string of the molecule is O=C1CCC(Nc2ccc(C3CCN(C4CCN(C(=O)OC5CCC(Nc6ncc(F)c(-c7cccc(-n8ccccc8=O)c7)n6)CC5)CC4)CC3)c(F)c2)C(=O)N1. The molecule has 1 unspecified atom stereocenters. The molecule has 304 valence electrons. The molecule has 2 aromatic heterocycles. The van der Waals surface area contributed by atoms with Gasteiger partial charge in [0, 0.05) is 60.8 Å². The number of nitrogens with one attached hydrogen (secondary N) is 3. The van der Waals surface area contributed by atoms with Crippen LogP contribution in [-0.4, -0.2) is 92.7 Å². The van der Waals surface area contributed by atoms with Crippen LogP contribution in [0.5, 0.6) is 0 Å². The molecule has 3 saturated heterocycles. The van der Waals surface area contributed by atoms with E-state index in [1.807, 2.05) is 17.0 Å². The average Bonchev–Trinajstić information content (AvgIpc) is 3.24. The van der Waals surface area contributed by atoms with Crippen molar-refractivity contribution in [3.63, 3.8) is 0 Å². The lowest BCUT2D eigenvalue weighted by molar-refractivity contribution is -0.133. The minimum Gasteiger partial charge on any atom is -0.446 e. The molecular weight excluding hydrogens is 747 g/mol. The van der Waals surface area contributed by atoms with Crippen molar-refractivity contribution in [1.82, 2.24) is 29.7 Å². The summed E-state index contributed by atoms with van der Waals surface area (Å²) in [7, 11) is 0. The number of imide groups is 1. The minimum atomic E-state index is -0.564. The van der Waals surface area contributed by atoms with Crippen molar-refractivity contribution in [3.05, 3.63) is 101 Å². The third-order valence-corrected chi connectivity index (χ3v) is 12.0. The number of aromatic nitrogens is 3. The highest BCUT2D eigenvalue weighted by Crippen LogP contribution is 2.34. The summed E-state index contributed by atoms with van der Waals surface area (Å²) in [6, 6.07) is 16.8. The molecule has 4 aliphatic rings. The van der Waals surface area contributed by atoms with Gasteiger partial charge in [0.05, 0.1) is 6.20 Å². The lowest BCUT2D eigenvalue weighted by Crippen LogP contribution is -2.49. The summed E-state index contributed by atoms with van der Waals surface area (Å²) in [5.41, 5.74) is 2.30. The first-order valence-electron chi connectivity index (χ1n) is 20.3. The van der Waals surface area contributed by atoms with Gasteiger partial charge in [0.1, 0.15) is 23.7 Å². The molecule has 13 nitrogen and oxygen atoms in total. The molecule has 1 atom stereocenters. The Morgan fingerprint density at radius 3 is 2.34 bits per heavy atom. The Bertz CT molecular complexity index is 2200. The maximum atomic E-state index is 15.3. The summed E-state index contributed by atoms with van der Waals surface area (Å²) < 4.78 is 37.6. The summed E-state index contributed by atoms with van der Waals surface area (Å²) >= 11 is 0. The molecule has 8 rings (SSSR count). The number of rotatable bonds is 9. The number of likely N-dealkylation sites (tertiary alicyclic amines) is 2. The Balaban J connectivity index is 0.760. The second-order valence-electron chi connectivity index (χ2n) is 15.8. The van der Waals surface area contributed by atoms with Crippen molar-refractivity contribution in [1.29, 1.82) is 0 Å². The van der Waals surface area contributed by atoms with E-state index >= 15 is 4.39 Å². The number of ether oxygens (including phenoxy) is 1. The minimum absolute atomic E-state index is 0.0419. The number of piperidine rings is 3. The van der Waals surface area contributed by atoms with Crippen molar-refractivity contribution in [3.8, 4) is 16.9 Å². The molecule has 15 heteroatoms. The number of halogens is 2. The summed E-state index contributed by atoms with van der Waals surface area (Å²) in [6.45, 7) is 2.99. The molecule has 2 aromatic carbocycles. The molecule has 0 radical (unpaired) electrons. The van der Waals surface area contributed by atoms with Crippen molar-refractivity contribution in [2.75, 3.05) is 36.8 Å². The van der Waals surface area contributed by atoms with Crippen LogP contribution in [0.2, 0.25) is 0 Å². The number of amides is 3. The maximum absolute atomic E-state index is 15.3. The number of hydrogen-bond donors (Lipinski definition) is 3. The molecule has 4 fully saturated rings. The Labute approximate surface area is 335 Å². The first kappa shape index (κ1) is 39.1. The van der Waals surface area contributed by atoms with E-state index < -0.39 is 11.9 Å². The van der Waals surface area contributed by atoms with Crippen LogP contribution in [0.15, 0.2) is 77.9 Å². The number of hydrogen-bond acceptors (Lipinski definition) is 10. The van der Waals surface area contributed by atoms with E-state index in [1.54, 1.807) is 42.6 Å². The Morgan fingerprint density at radius 2 is 1.60 bits per heavy atom. The first-order chi connectivity index (χ1) is 28.2. The van der Waals surface area contributed by atoms with Gasteiger partial charge in [-0.2, -0.15) is 0 Å². The number of benzene rings is 2. The molecule has 1 aliphatic carbocycles. The fourth-order valence-corrected chi connectivity index (χ4v) is 8.78. The van der Waals surface area contributed by atoms with Crippen LogP contribution in [-0.2, 0) is 14.3 Å². The molecule has 5 heterocycles. The lowest BCUT2D eigenvalue weighted by Gasteiger charge is -2.42. The number of nitrogens with zero attached hydrogens (tertiary/aromatic N) is 5. The Kier molecular flexibility index (Phi) is 11.8. The predicted octanol–water partition coefficient (Wildman–Crippen LogP) is 5.99. The third-order valence-electron chi connectivity index (χ3n) is 12.0. The molecule has 1 saturated carbocycles. The average molecular weight is 795 g/mol. The zero-order valence-electron chi connectivity index (χ0n) is 32.2. The van der Waals surface area contributed by atoms with Gasteiger partial charge in [-0.1, -0.05) is 24.3 Å². The number of anilines is 2. The molecule has 0 bridgehead atoms. The summed E-state index contributed by atoms with van der Waals surface area (Å²) in [6.07, 6.45) is 9.27. The lowest BCUT2D eigenvalue weighted by atomic mass is 9.87. The van der Waals surface area contributed by atoms with Crippen LogP contribution in [0.25, 0.3) is 16.9 Å². The zero-order chi connectivity index (χ0) is 40.2. The van der Waals surface area contributed by atoms with Crippen molar-refractivity contribution >= 4 is 29.5 Å². The van der Waals surface area contributed by atoms with Gasteiger partial charge >= 0.3 is 6.09 Å². The van der Waals surface area contributed by atoms with Gasteiger partial charge in [0.2, 0.25) is 17.8 Å². The molecule has 3 N–H and O–H groups in total. The van der Waals surface area contributed by atoms with Gasteiger partial charge in [-0.15, -0.1) is 0 Å².